The van der Waals surface area contributed by atoms with Gasteiger partial charge in [0.05, 0.1) is 0 Å². The summed E-state index contributed by atoms with van der Waals surface area (Å²) in [4.78, 5) is 11.2. The average Bonchev–Trinajstić information content (AvgIpc) is 2.15. The molecule has 0 bridgehead atoms. The van der Waals surface area contributed by atoms with E-state index in [1.807, 2.05) is 24.3 Å². The van der Waals surface area contributed by atoms with Crippen molar-refractivity contribution >= 4 is 23.0 Å². The largest absolute Gasteiger partial charge is 0.389 e. The summed E-state index contributed by atoms with van der Waals surface area (Å²) < 4.78 is 0. The maximum Gasteiger partial charge on any atom is 0.130 e. The van der Waals surface area contributed by atoms with Crippen molar-refractivity contribution in [1.29, 1.82) is 0 Å². The molecule has 0 fully saturated rings. The number of thiocarbonyl (C=S) groups is 1. The van der Waals surface area contributed by atoms with Gasteiger partial charge in [-0.3, -0.25) is 0 Å². The van der Waals surface area contributed by atoms with Crippen LogP contribution in [0.4, 0.5) is 0 Å². The zero-order valence-electron chi connectivity index (χ0n) is 8.12. The Balaban J connectivity index is 2.64. The van der Waals surface area contributed by atoms with Crippen LogP contribution in [-0.4, -0.2) is 10.8 Å². The molecule has 0 aliphatic rings. The molecule has 2 nitrogen and oxygen atoms in total. The van der Waals surface area contributed by atoms with Crippen molar-refractivity contribution in [2.75, 3.05) is 0 Å². The number of rotatable bonds is 4. The molecule has 0 saturated carbocycles. The van der Waals surface area contributed by atoms with Gasteiger partial charge in [-0.05, 0) is 18.9 Å². The molecule has 0 spiro atoms. The van der Waals surface area contributed by atoms with Gasteiger partial charge in [0.15, 0.2) is 0 Å². The Bertz CT molecular complexity index is 343. The Labute approximate surface area is 89.1 Å². The van der Waals surface area contributed by atoms with Crippen LogP contribution >= 0.6 is 12.2 Å². The van der Waals surface area contributed by atoms with Gasteiger partial charge in [0, 0.05) is 12.0 Å². The number of ketones is 1. The lowest BCUT2D eigenvalue weighted by atomic mass is 10.1. The summed E-state index contributed by atoms with van der Waals surface area (Å²) in [7, 11) is 0. The summed E-state index contributed by atoms with van der Waals surface area (Å²) in [6.45, 7) is 1.60. The second kappa shape index (κ2) is 4.86. The molecule has 1 aromatic carbocycles. The molecule has 0 heterocycles. The first-order valence-corrected chi connectivity index (χ1v) is 4.88. The number of carbonyl (C=O) groups is 1. The highest BCUT2D eigenvalue weighted by Crippen LogP contribution is 2.06. The van der Waals surface area contributed by atoms with Crippen LogP contribution in [-0.2, 0) is 11.2 Å². The molecule has 3 heteroatoms. The first-order chi connectivity index (χ1) is 6.59. The minimum atomic E-state index is 0.212. The van der Waals surface area contributed by atoms with Crippen molar-refractivity contribution in [3.05, 3.63) is 35.4 Å². The SMILES string of the molecule is CC(=O)CCc1ccc(C(N)=S)cc1. The van der Waals surface area contributed by atoms with Crippen LogP contribution in [0.3, 0.4) is 0 Å². The van der Waals surface area contributed by atoms with Gasteiger partial charge >= 0.3 is 0 Å². The maximum absolute atomic E-state index is 10.8. The van der Waals surface area contributed by atoms with Crippen molar-refractivity contribution in [2.45, 2.75) is 19.8 Å². The monoisotopic (exact) mass is 207 g/mol. The topological polar surface area (TPSA) is 43.1 Å². The van der Waals surface area contributed by atoms with Gasteiger partial charge in [-0.25, -0.2) is 0 Å². The second-order valence-corrected chi connectivity index (χ2v) is 3.70. The molecular formula is C11H13NOS. The summed E-state index contributed by atoms with van der Waals surface area (Å²) >= 11 is 4.84. The number of benzene rings is 1. The van der Waals surface area contributed by atoms with E-state index in [2.05, 4.69) is 0 Å². The van der Waals surface area contributed by atoms with Crippen LogP contribution in [0.5, 0.6) is 0 Å². The zero-order chi connectivity index (χ0) is 10.6. The van der Waals surface area contributed by atoms with E-state index >= 15 is 0 Å². The Morgan fingerprint density at radius 3 is 2.36 bits per heavy atom. The highest BCUT2D eigenvalue weighted by molar-refractivity contribution is 7.80. The average molecular weight is 207 g/mol. The van der Waals surface area contributed by atoms with E-state index in [0.717, 1.165) is 17.5 Å². The van der Waals surface area contributed by atoms with Crippen LogP contribution in [0.2, 0.25) is 0 Å². The first kappa shape index (κ1) is 10.9. The van der Waals surface area contributed by atoms with Gasteiger partial charge < -0.3 is 10.5 Å². The zero-order valence-corrected chi connectivity index (χ0v) is 8.93. The Hall–Kier alpha value is -1.22. The summed E-state index contributed by atoms with van der Waals surface area (Å²) in [6, 6.07) is 7.68. The number of hydrogen-bond acceptors (Lipinski definition) is 2. The van der Waals surface area contributed by atoms with E-state index in [1.165, 1.54) is 0 Å². The Morgan fingerprint density at radius 1 is 1.36 bits per heavy atom. The van der Waals surface area contributed by atoms with E-state index < -0.39 is 0 Å². The van der Waals surface area contributed by atoms with E-state index in [-0.39, 0.29) is 5.78 Å². The van der Waals surface area contributed by atoms with Crippen LogP contribution in [0.25, 0.3) is 0 Å². The maximum atomic E-state index is 10.8. The highest BCUT2D eigenvalue weighted by Gasteiger charge is 1.98. The van der Waals surface area contributed by atoms with Crippen molar-refractivity contribution in [3.63, 3.8) is 0 Å². The van der Waals surface area contributed by atoms with E-state index in [4.69, 9.17) is 18.0 Å². The lowest BCUT2D eigenvalue weighted by Gasteiger charge is -2.01. The third-order valence-electron chi connectivity index (χ3n) is 2.00. The van der Waals surface area contributed by atoms with Crippen molar-refractivity contribution in [1.82, 2.24) is 0 Å². The summed E-state index contributed by atoms with van der Waals surface area (Å²) in [6.07, 6.45) is 1.37. The molecular weight excluding hydrogens is 194 g/mol. The molecule has 74 valence electrons. The number of carbonyl (C=O) groups excluding carboxylic acids is 1. The standard InChI is InChI=1S/C11H13NOS/c1-8(13)2-3-9-4-6-10(7-5-9)11(12)14/h4-7H,2-3H2,1H3,(H2,12,14). The molecule has 0 aliphatic heterocycles. The first-order valence-electron chi connectivity index (χ1n) is 4.48. The van der Waals surface area contributed by atoms with Gasteiger partial charge in [-0.1, -0.05) is 36.5 Å². The third kappa shape index (κ3) is 3.26. The van der Waals surface area contributed by atoms with Crippen LogP contribution in [0.15, 0.2) is 24.3 Å². The fourth-order valence-electron chi connectivity index (χ4n) is 1.16. The fraction of sp³-hybridized carbons (Fsp3) is 0.273. The van der Waals surface area contributed by atoms with E-state index in [1.54, 1.807) is 6.92 Å². The molecule has 0 unspecified atom stereocenters. The predicted molar refractivity (Wildman–Crippen MR) is 61.3 cm³/mol. The van der Waals surface area contributed by atoms with Crippen LogP contribution in [0, 0.1) is 0 Å². The van der Waals surface area contributed by atoms with Crippen molar-refractivity contribution < 1.29 is 4.79 Å². The minimum Gasteiger partial charge on any atom is -0.389 e. The molecule has 14 heavy (non-hydrogen) atoms. The van der Waals surface area contributed by atoms with E-state index in [0.29, 0.717) is 11.4 Å². The second-order valence-electron chi connectivity index (χ2n) is 3.26. The molecule has 0 aromatic heterocycles. The summed E-state index contributed by atoms with van der Waals surface area (Å²) in [5, 5.41) is 0. The van der Waals surface area contributed by atoms with Crippen molar-refractivity contribution in [3.8, 4) is 0 Å². The lowest BCUT2D eigenvalue weighted by molar-refractivity contribution is -0.116. The molecule has 1 aromatic rings. The Morgan fingerprint density at radius 2 is 1.93 bits per heavy atom. The van der Waals surface area contributed by atoms with Gasteiger partial charge in [0.25, 0.3) is 0 Å². The summed E-state index contributed by atoms with van der Waals surface area (Å²) in [5.41, 5.74) is 7.47. The van der Waals surface area contributed by atoms with Gasteiger partial charge in [-0.2, -0.15) is 0 Å². The molecule has 0 aliphatic carbocycles. The molecule has 2 N–H and O–H groups in total. The number of Topliss-reactive ketones (excluding diaryl/α,β-unsaturated/α-hetero) is 1. The number of nitrogens with two attached hydrogens (primary N) is 1. The minimum absolute atomic E-state index is 0.212. The Kier molecular flexibility index (Phi) is 3.77. The molecule has 0 amide bonds. The molecule has 0 saturated heterocycles. The molecule has 1 rings (SSSR count). The van der Waals surface area contributed by atoms with Gasteiger partial charge in [0.1, 0.15) is 10.8 Å². The highest BCUT2D eigenvalue weighted by atomic mass is 32.1. The van der Waals surface area contributed by atoms with Crippen LogP contribution < -0.4 is 5.73 Å². The molecule has 0 radical (unpaired) electrons. The smallest absolute Gasteiger partial charge is 0.130 e. The predicted octanol–water partition coefficient (Wildman–Crippen LogP) is 1.84. The third-order valence-corrected chi connectivity index (χ3v) is 2.24. The molecule has 0 atom stereocenters. The number of hydrogen-bond donors (Lipinski definition) is 1. The van der Waals surface area contributed by atoms with Gasteiger partial charge in [-0.15, -0.1) is 0 Å². The number of aryl methyl sites for hydroxylation is 1. The quantitative estimate of drug-likeness (QED) is 0.766. The van der Waals surface area contributed by atoms with E-state index in [9.17, 15) is 4.79 Å². The van der Waals surface area contributed by atoms with Crippen LogP contribution in [0.1, 0.15) is 24.5 Å². The van der Waals surface area contributed by atoms with Crippen molar-refractivity contribution in [2.24, 2.45) is 5.73 Å². The summed E-state index contributed by atoms with van der Waals surface area (Å²) in [5.74, 6) is 0.212. The van der Waals surface area contributed by atoms with Gasteiger partial charge in [0.2, 0.25) is 0 Å². The fourth-order valence-corrected chi connectivity index (χ4v) is 1.29. The normalized spacial score (nSPS) is 9.79. The lowest BCUT2D eigenvalue weighted by Crippen LogP contribution is -2.08.